The van der Waals surface area contributed by atoms with Crippen molar-refractivity contribution in [1.29, 1.82) is 0 Å². The molecular weight excluding hydrogens is 462 g/mol. The van der Waals surface area contributed by atoms with Gasteiger partial charge in [0.1, 0.15) is 12.4 Å². The quantitative estimate of drug-likeness (QED) is 0.363. The van der Waals surface area contributed by atoms with Crippen molar-refractivity contribution in [3.05, 3.63) is 70.9 Å². The van der Waals surface area contributed by atoms with Crippen molar-refractivity contribution in [1.82, 2.24) is 14.7 Å². The van der Waals surface area contributed by atoms with Gasteiger partial charge in [-0.25, -0.2) is 9.48 Å². The van der Waals surface area contributed by atoms with Crippen molar-refractivity contribution in [2.75, 3.05) is 23.7 Å². The van der Waals surface area contributed by atoms with Crippen LogP contribution in [0.4, 0.5) is 16.3 Å². The van der Waals surface area contributed by atoms with E-state index in [0.717, 1.165) is 40.2 Å². The minimum Gasteiger partial charge on any atom is -0.315 e. The molecule has 0 saturated carbocycles. The molecule has 3 amide bonds. The van der Waals surface area contributed by atoms with E-state index in [2.05, 4.69) is 45.3 Å². The molecule has 7 nitrogen and oxygen atoms in total. The van der Waals surface area contributed by atoms with Crippen molar-refractivity contribution < 1.29 is 9.59 Å². The van der Waals surface area contributed by atoms with Crippen LogP contribution in [0, 0.1) is 26.7 Å². The molecule has 2 N–H and O–H groups in total. The highest BCUT2D eigenvalue weighted by Gasteiger charge is 2.23. The Morgan fingerprint density at radius 3 is 2.30 bits per heavy atom. The average Bonchev–Trinajstić information content (AvgIpc) is 3.22. The van der Waals surface area contributed by atoms with E-state index in [1.807, 2.05) is 69.3 Å². The Labute approximate surface area is 221 Å². The first-order valence-electron chi connectivity index (χ1n) is 12.9. The number of carbonyl (C=O) groups excluding carboxylic acids is 2. The zero-order chi connectivity index (χ0) is 27.3. The number of anilines is 2. The summed E-state index contributed by atoms with van der Waals surface area (Å²) in [5.41, 5.74) is 5.51. The molecule has 198 valence electrons. The third-order valence-electron chi connectivity index (χ3n) is 6.21. The van der Waals surface area contributed by atoms with Crippen molar-refractivity contribution in [2.24, 2.45) is 5.92 Å². The number of hydrogen-bond donors (Lipinski definition) is 2. The standard InChI is InChI=1S/C30H41N5O2/c1-20(2)14-15-34(29(37)31-25-13-12-22(4)16-23(25)5)19-28(36)32-27-18-26(30(6,7)8)33-35(27)24-11-9-10-21(3)17-24/h9-13,16-18,20H,14-15,19H2,1-8H3,(H,31,37)(H,32,36). The number of urea groups is 1. The third-order valence-corrected chi connectivity index (χ3v) is 6.21. The van der Waals surface area contributed by atoms with Crippen LogP contribution in [0.1, 0.15) is 63.4 Å². The van der Waals surface area contributed by atoms with Crippen LogP contribution in [0.5, 0.6) is 0 Å². The van der Waals surface area contributed by atoms with E-state index in [4.69, 9.17) is 5.10 Å². The predicted octanol–water partition coefficient (Wildman–Crippen LogP) is 6.61. The molecule has 0 radical (unpaired) electrons. The van der Waals surface area contributed by atoms with Gasteiger partial charge in [-0.3, -0.25) is 4.79 Å². The summed E-state index contributed by atoms with van der Waals surface area (Å²) in [7, 11) is 0. The molecule has 0 aliphatic carbocycles. The average molecular weight is 504 g/mol. The Balaban J connectivity index is 1.83. The lowest BCUT2D eigenvalue weighted by molar-refractivity contribution is -0.116. The van der Waals surface area contributed by atoms with Crippen LogP contribution in [-0.2, 0) is 10.2 Å². The molecule has 0 unspecified atom stereocenters. The number of carbonyl (C=O) groups is 2. The fraction of sp³-hybridized carbons (Fsp3) is 0.433. The molecule has 0 atom stereocenters. The Morgan fingerprint density at radius 2 is 1.68 bits per heavy atom. The lowest BCUT2D eigenvalue weighted by Crippen LogP contribution is -2.41. The van der Waals surface area contributed by atoms with E-state index in [1.165, 1.54) is 0 Å². The van der Waals surface area contributed by atoms with E-state index in [9.17, 15) is 9.59 Å². The summed E-state index contributed by atoms with van der Waals surface area (Å²) in [6.07, 6.45) is 0.795. The first-order chi connectivity index (χ1) is 17.3. The monoisotopic (exact) mass is 503 g/mol. The van der Waals surface area contributed by atoms with Crippen LogP contribution in [0.2, 0.25) is 0 Å². The van der Waals surface area contributed by atoms with Gasteiger partial charge in [-0.1, -0.05) is 64.4 Å². The maximum absolute atomic E-state index is 13.3. The molecule has 3 aromatic rings. The highest BCUT2D eigenvalue weighted by atomic mass is 16.2. The first-order valence-corrected chi connectivity index (χ1v) is 12.9. The third kappa shape index (κ3) is 7.68. The normalized spacial score (nSPS) is 11.5. The van der Waals surface area contributed by atoms with Crippen LogP contribution >= 0.6 is 0 Å². The van der Waals surface area contributed by atoms with Crippen LogP contribution < -0.4 is 10.6 Å². The van der Waals surface area contributed by atoms with Crippen molar-refractivity contribution in [2.45, 2.75) is 67.2 Å². The van der Waals surface area contributed by atoms with Crippen molar-refractivity contribution >= 4 is 23.4 Å². The predicted molar refractivity (Wildman–Crippen MR) is 152 cm³/mol. The molecule has 0 spiro atoms. The van der Waals surface area contributed by atoms with Gasteiger partial charge in [-0.2, -0.15) is 5.10 Å². The number of amides is 3. The Kier molecular flexibility index (Phi) is 8.79. The van der Waals surface area contributed by atoms with Gasteiger partial charge in [-0.05, 0) is 62.4 Å². The van der Waals surface area contributed by atoms with E-state index in [-0.39, 0.29) is 23.9 Å². The van der Waals surface area contributed by atoms with Gasteiger partial charge in [-0.15, -0.1) is 0 Å². The number of hydrogen-bond acceptors (Lipinski definition) is 3. The number of aryl methyl sites for hydroxylation is 3. The van der Waals surface area contributed by atoms with Crippen LogP contribution in [0.25, 0.3) is 5.69 Å². The minimum atomic E-state index is -0.287. The molecular formula is C30H41N5O2. The molecule has 37 heavy (non-hydrogen) atoms. The maximum atomic E-state index is 13.3. The van der Waals surface area contributed by atoms with E-state index >= 15 is 0 Å². The topological polar surface area (TPSA) is 79.3 Å². The largest absolute Gasteiger partial charge is 0.322 e. The van der Waals surface area contributed by atoms with Crippen molar-refractivity contribution in [3.8, 4) is 5.69 Å². The lowest BCUT2D eigenvalue weighted by Gasteiger charge is -2.24. The van der Waals surface area contributed by atoms with Gasteiger partial charge in [0.2, 0.25) is 5.91 Å². The summed E-state index contributed by atoms with van der Waals surface area (Å²) >= 11 is 0. The SMILES string of the molecule is Cc1cccc(-n2nc(C(C)(C)C)cc2NC(=O)CN(CCC(C)C)C(=O)Nc2ccc(C)cc2C)c1. The van der Waals surface area contributed by atoms with E-state index in [0.29, 0.717) is 18.3 Å². The van der Waals surface area contributed by atoms with Gasteiger partial charge >= 0.3 is 6.03 Å². The van der Waals surface area contributed by atoms with Crippen LogP contribution in [0.3, 0.4) is 0 Å². The van der Waals surface area contributed by atoms with Crippen LogP contribution in [-0.4, -0.2) is 39.7 Å². The summed E-state index contributed by atoms with van der Waals surface area (Å²) < 4.78 is 1.76. The van der Waals surface area contributed by atoms with E-state index in [1.54, 1.807) is 9.58 Å². The highest BCUT2D eigenvalue weighted by Crippen LogP contribution is 2.27. The molecule has 1 heterocycles. The summed E-state index contributed by atoms with van der Waals surface area (Å²) in [4.78, 5) is 28.1. The molecule has 3 rings (SSSR count). The number of aromatic nitrogens is 2. The number of benzene rings is 2. The maximum Gasteiger partial charge on any atom is 0.322 e. The highest BCUT2D eigenvalue weighted by molar-refractivity contribution is 5.97. The Morgan fingerprint density at radius 1 is 0.973 bits per heavy atom. The van der Waals surface area contributed by atoms with Gasteiger partial charge in [0.05, 0.1) is 11.4 Å². The lowest BCUT2D eigenvalue weighted by atomic mass is 9.92. The first kappa shape index (κ1) is 28.0. The molecule has 7 heteroatoms. The Bertz CT molecular complexity index is 1250. The van der Waals surface area contributed by atoms with Gasteiger partial charge in [0, 0.05) is 23.7 Å². The molecule has 1 aromatic heterocycles. The number of nitrogens with zero attached hydrogens (tertiary/aromatic N) is 3. The molecule has 0 bridgehead atoms. The second kappa shape index (κ2) is 11.6. The summed E-state index contributed by atoms with van der Waals surface area (Å²) in [5, 5.41) is 10.8. The zero-order valence-electron chi connectivity index (χ0n) is 23.5. The van der Waals surface area contributed by atoms with E-state index < -0.39 is 0 Å². The molecule has 0 fully saturated rings. The molecule has 2 aromatic carbocycles. The zero-order valence-corrected chi connectivity index (χ0v) is 23.5. The van der Waals surface area contributed by atoms with Gasteiger partial charge < -0.3 is 15.5 Å². The second-order valence-corrected chi connectivity index (χ2v) is 11.3. The molecule has 0 saturated heterocycles. The summed E-state index contributed by atoms with van der Waals surface area (Å²) in [5.74, 6) is 0.712. The summed E-state index contributed by atoms with van der Waals surface area (Å²) in [6, 6.07) is 15.5. The fourth-order valence-electron chi connectivity index (χ4n) is 3.96. The number of nitrogens with one attached hydrogen (secondary N) is 2. The summed E-state index contributed by atoms with van der Waals surface area (Å²) in [6.45, 7) is 16.9. The smallest absolute Gasteiger partial charge is 0.315 e. The van der Waals surface area contributed by atoms with Gasteiger partial charge in [0.15, 0.2) is 0 Å². The van der Waals surface area contributed by atoms with Gasteiger partial charge in [0.25, 0.3) is 0 Å². The van der Waals surface area contributed by atoms with Crippen molar-refractivity contribution in [3.63, 3.8) is 0 Å². The van der Waals surface area contributed by atoms with Crippen LogP contribution in [0.15, 0.2) is 48.5 Å². The Hall–Kier alpha value is -3.61. The molecule has 0 aliphatic rings. The second-order valence-electron chi connectivity index (χ2n) is 11.3. The minimum absolute atomic E-state index is 0.0622. The fourth-order valence-corrected chi connectivity index (χ4v) is 3.96. The molecule has 0 aliphatic heterocycles. The number of rotatable bonds is 8.